The highest BCUT2D eigenvalue weighted by atomic mass is 35.6. The Hall–Kier alpha value is -1.25. The average molecular weight is 263 g/mol. The van der Waals surface area contributed by atoms with E-state index < -0.39 is 7.38 Å². The maximum atomic E-state index is 6.78. The molecule has 1 nitrogen and oxygen atoms in total. The molecule has 0 amide bonds. The summed E-state index contributed by atoms with van der Waals surface area (Å²) in [7, 11) is -0.404. The van der Waals surface area contributed by atoms with E-state index in [0.29, 0.717) is 0 Å². The molecule has 0 radical (unpaired) electrons. The Bertz CT molecular complexity index is 479. The first kappa shape index (κ1) is 12.2. The van der Waals surface area contributed by atoms with E-state index in [0.717, 1.165) is 5.75 Å². The van der Waals surface area contributed by atoms with Crippen LogP contribution in [0.2, 0.25) is 6.55 Å². The van der Waals surface area contributed by atoms with Gasteiger partial charge in [0, 0.05) is 0 Å². The molecule has 0 saturated carbocycles. The summed E-state index contributed by atoms with van der Waals surface area (Å²) in [4.78, 5) is 0. The molecular formula is C14H15ClOSi. The van der Waals surface area contributed by atoms with Gasteiger partial charge in [0.25, 0.3) is 0 Å². The monoisotopic (exact) mass is 262 g/mol. The number of hydrogen-bond acceptors (Lipinski definition) is 1. The highest BCUT2D eigenvalue weighted by Gasteiger charge is 2.29. The van der Waals surface area contributed by atoms with E-state index in [-0.39, 0.29) is 0 Å². The first-order valence-electron chi connectivity index (χ1n) is 5.53. The predicted octanol–water partition coefficient (Wildman–Crippen LogP) is 2.62. The second kappa shape index (κ2) is 4.94. The lowest BCUT2D eigenvalue weighted by Crippen LogP contribution is -2.50. The molecule has 3 heteroatoms. The number of ether oxygens (including phenoxy) is 1. The van der Waals surface area contributed by atoms with Crippen LogP contribution in [-0.4, -0.2) is 14.5 Å². The van der Waals surface area contributed by atoms with Crippen LogP contribution in [0.4, 0.5) is 0 Å². The van der Waals surface area contributed by atoms with Crippen molar-refractivity contribution in [2.24, 2.45) is 0 Å². The maximum Gasteiger partial charge on any atom is 0.214 e. The van der Waals surface area contributed by atoms with Crippen LogP contribution in [0, 0.1) is 0 Å². The molecular weight excluding hydrogens is 248 g/mol. The van der Waals surface area contributed by atoms with Crippen molar-refractivity contribution in [3.8, 4) is 5.75 Å². The van der Waals surface area contributed by atoms with Gasteiger partial charge in [-0.2, -0.15) is 11.1 Å². The van der Waals surface area contributed by atoms with Gasteiger partial charge >= 0.3 is 0 Å². The fraction of sp³-hybridized carbons (Fsp3) is 0.143. The number of benzene rings is 2. The third-order valence-electron chi connectivity index (χ3n) is 2.95. The zero-order chi connectivity index (χ0) is 12.3. The number of halogens is 1. The first-order chi connectivity index (χ1) is 8.14. The fourth-order valence-electron chi connectivity index (χ4n) is 1.82. The molecule has 2 aromatic rings. The molecule has 0 heterocycles. The molecule has 0 spiro atoms. The summed E-state index contributed by atoms with van der Waals surface area (Å²) in [5, 5.41) is 2.43. The molecule has 0 aromatic heterocycles. The molecule has 0 saturated heterocycles. The minimum absolute atomic E-state index is 0.864. The lowest BCUT2D eigenvalue weighted by Gasteiger charge is -2.20. The zero-order valence-electron chi connectivity index (χ0n) is 9.98. The van der Waals surface area contributed by atoms with Crippen molar-refractivity contribution in [1.82, 2.24) is 0 Å². The van der Waals surface area contributed by atoms with Crippen LogP contribution >= 0.6 is 11.1 Å². The molecule has 0 aliphatic heterocycles. The second-order valence-corrected chi connectivity index (χ2v) is 9.53. The van der Waals surface area contributed by atoms with E-state index >= 15 is 0 Å². The van der Waals surface area contributed by atoms with Gasteiger partial charge in [-0.25, -0.2) is 0 Å². The SMILES string of the molecule is COc1ccc([Si](C)(Cl)c2ccccc2)cc1. The van der Waals surface area contributed by atoms with Crippen LogP contribution in [-0.2, 0) is 0 Å². The van der Waals surface area contributed by atoms with Crippen LogP contribution in [0.25, 0.3) is 0 Å². The van der Waals surface area contributed by atoms with Crippen molar-refractivity contribution in [3.05, 3.63) is 54.6 Å². The van der Waals surface area contributed by atoms with Crippen LogP contribution < -0.4 is 15.1 Å². The molecule has 1 atom stereocenters. The summed E-state index contributed by atoms with van der Waals surface area (Å²) in [5.74, 6) is 0.864. The molecule has 0 N–H and O–H groups in total. The van der Waals surface area contributed by atoms with Crippen molar-refractivity contribution in [2.75, 3.05) is 7.11 Å². The lowest BCUT2D eigenvalue weighted by molar-refractivity contribution is 0.415. The van der Waals surface area contributed by atoms with Crippen LogP contribution in [0.3, 0.4) is 0 Å². The summed E-state index contributed by atoms with van der Waals surface area (Å²) in [5.41, 5.74) is 0. The maximum absolute atomic E-state index is 6.78. The largest absolute Gasteiger partial charge is 0.497 e. The van der Waals surface area contributed by atoms with Crippen LogP contribution in [0.15, 0.2) is 54.6 Å². The molecule has 2 aromatic carbocycles. The van der Waals surface area contributed by atoms with E-state index in [2.05, 4.69) is 30.8 Å². The van der Waals surface area contributed by atoms with Gasteiger partial charge in [-0.3, -0.25) is 0 Å². The predicted molar refractivity (Wildman–Crippen MR) is 76.2 cm³/mol. The number of rotatable bonds is 3. The minimum atomic E-state index is -2.07. The molecule has 0 aliphatic rings. The zero-order valence-corrected chi connectivity index (χ0v) is 11.7. The summed E-state index contributed by atoms with van der Waals surface area (Å²) >= 11 is 6.78. The van der Waals surface area contributed by atoms with Crippen LogP contribution in [0.1, 0.15) is 0 Å². The van der Waals surface area contributed by atoms with Crippen LogP contribution in [0.5, 0.6) is 5.75 Å². The second-order valence-electron chi connectivity index (χ2n) is 4.10. The quantitative estimate of drug-likeness (QED) is 0.610. The van der Waals surface area contributed by atoms with Gasteiger partial charge in [0.1, 0.15) is 5.75 Å². The molecule has 0 fully saturated rings. The van der Waals surface area contributed by atoms with E-state index in [1.165, 1.54) is 10.4 Å². The summed E-state index contributed by atoms with van der Waals surface area (Å²) in [6.45, 7) is 2.14. The third kappa shape index (κ3) is 2.53. The Morgan fingerprint density at radius 1 is 0.882 bits per heavy atom. The molecule has 17 heavy (non-hydrogen) atoms. The van der Waals surface area contributed by atoms with Gasteiger partial charge < -0.3 is 4.74 Å². The lowest BCUT2D eigenvalue weighted by atomic mass is 10.3. The molecule has 88 valence electrons. The Labute approximate surface area is 108 Å². The Balaban J connectivity index is 2.37. The van der Waals surface area contributed by atoms with Gasteiger partial charge in [-0.1, -0.05) is 42.5 Å². The average Bonchev–Trinajstić information content (AvgIpc) is 2.40. The molecule has 1 unspecified atom stereocenters. The van der Waals surface area contributed by atoms with Gasteiger partial charge in [-0.05, 0) is 29.1 Å². The van der Waals surface area contributed by atoms with Crippen molar-refractivity contribution in [2.45, 2.75) is 6.55 Å². The summed E-state index contributed by atoms with van der Waals surface area (Å²) in [6.07, 6.45) is 0. The Morgan fingerprint density at radius 2 is 1.41 bits per heavy atom. The first-order valence-corrected chi connectivity index (χ1v) is 9.05. The normalized spacial score (nSPS) is 14.1. The van der Waals surface area contributed by atoms with Crippen molar-refractivity contribution < 1.29 is 4.74 Å². The fourth-order valence-corrected chi connectivity index (χ4v) is 4.52. The number of hydrogen-bond donors (Lipinski definition) is 0. The highest BCUT2D eigenvalue weighted by Crippen LogP contribution is 2.13. The van der Waals surface area contributed by atoms with Crippen molar-refractivity contribution in [3.63, 3.8) is 0 Å². The highest BCUT2D eigenvalue weighted by molar-refractivity contribution is 7.33. The third-order valence-corrected chi connectivity index (χ3v) is 7.09. The van der Waals surface area contributed by atoms with Gasteiger partial charge in [0.15, 0.2) is 0 Å². The minimum Gasteiger partial charge on any atom is -0.497 e. The van der Waals surface area contributed by atoms with Gasteiger partial charge in [-0.15, -0.1) is 0 Å². The van der Waals surface area contributed by atoms with Gasteiger partial charge in [0.05, 0.1) is 7.11 Å². The Morgan fingerprint density at radius 3 is 1.94 bits per heavy atom. The Kier molecular flexibility index (Phi) is 3.55. The topological polar surface area (TPSA) is 9.23 Å². The van der Waals surface area contributed by atoms with Gasteiger partial charge in [0.2, 0.25) is 7.38 Å². The summed E-state index contributed by atoms with van der Waals surface area (Å²) < 4.78 is 5.16. The van der Waals surface area contributed by atoms with Crippen molar-refractivity contribution in [1.29, 1.82) is 0 Å². The van der Waals surface area contributed by atoms with E-state index in [1.807, 2.05) is 30.3 Å². The van der Waals surface area contributed by atoms with Crippen molar-refractivity contribution >= 4 is 28.8 Å². The molecule has 0 bridgehead atoms. The van der Waals surface area contributed by atoms with E-state index in [4.69, 9.17) is 15.8 Å². The number of methoxy groups -OCH3 is 1. The smallest absolute Gasteiger partial charge is 0.214 e. The van der Waals surface area contributed by atoms with E-state index in [1.54, 1.807) is 7.11 Å². The summed E-state index contributed by atoms with van der Waals surface area (Å²) in [6, 6.07) is 18.3. The molecule has 2 rings (SSSR count). The van der Waals surface area contributed by atoms with E-state index in [9.17, 15) is 0 Å². The molecule has 0 aliphatic carbocycles. The standard InChI is InChI=1S/C14H15ClOSi/c1-16-12-8-10-14(11-9-12)17(2,15)13-6-4-3-5-7-13/h3-11H,1-2H3.